The van der Waals surface area contributed by atoms with E-state index in [0.29, 0.717) is 11.3 Å². The third-order valence-corrected chi connectivity index (χ3v) is 4.22. The molecule has 0 unspecified atom stereocenters. The van der Waals surface area contributed by atoms with Gasteiger partial charge >= 0.3 is 6.18 Å². The van der Waals surface area contributed by atoms with E-state index in [1.54, 1.807) is 6.92 Å². The topological polar surface area (TPSA) is 92.2 Å². The van der Waals surface area contributed by atoms with Crippen molar-refractivity contribution in [3.8, 4) is 0 Å². The number of benzene rings is 1. The van der Waals surface area contributed by atoms with Gasteiger partial charge in [0.05, 0.1) is 16.3 Å². The summed E-state index contributed by atoms with van der Waals surface area (Å²) in [5.41, 5.74) is -0.698. The number of hydrogen-bond donors (Lipinski definition) is 2. The van der Waals surface area contributed by atoms with E-state index in [1.807, 2.05) is 0 Å². The Morgan fingerprint density at radius 2 is 2.11 bits per heavy atom. The normalized spacial score (nSPS) is 11.7. The Kier molecular flexibility index (Phi) is 4.92. The second-order valence-corrected chi connectivity index (χ2v) is 6.15. The zero-order chi connectivity index (χ0) is 19.8. The number of carbonyl (C=O) groups is 1. The van der Waals surface area contributed by atoms with Crippen LogP contribution >= 0.6 is 11.6 Å². The third kappa shape index (κ3) is 3.95. The van der Waals surface area contributed by atoms with Crippen LogP contribution in [0.15, 0.2) is 29.3 Å². The maximum absolute atomic E-state index is 12.9. The number of nitrogens with one attached hydrogen (secondary N) is 2. The van der Waals surface area contributed by atoms with Crippen molar-refractivity contribution in [2.24, 2.45) is 0 Å². The van der Waals surface area contributed by atoms with Crippen molar-refractivity contribution in [1.29, 1.82) is 0 Å². The number of halogens is 4. The number of aromatic nitrogens is 4. The molecule has 0 radical (unpaired) electrons. The van der Waals surface area contributed by atoms with Gasteiger partial charge in [-0.25, -0.2) is 9.97 Å². The Labute approximate surface area is 155 Å². The molecular formula is C16H13ClF3N5O2. The summed E-state index contributed by atoms with van der Waals surface area (Å²) in [6, 6.07) is 3.10. The van der Waals surface area contributed by atoms with Crippen LogP contribution in [0.25, 0.3) is 5.78 Å². The molecule has 2 aromatic heterocycles. The highest BCUT2D eigenvalue weighted by Gasteiger charge is 2.33. The molecular weight excluding hydrogens is 387 g/mol. The molecule has 27 heavy (non-hydrogen) atoms. The SMILES string of the molecule is Cc1nc2nc[nH]n2c(=O)c1CCC(=O)Nc1ccc(Cl)c(C(F)(F)F)c1. The van der Waals surface area contributed by atoms with Crippen molar-refractivity contribution in [3.05, 3.63) is 56.7 Å². The van der Waals surface area contributed by atoms with Crippen LogP contribution < -0.4 is 10.9 Å². The molecule has 0 spiro atoms. The average Bonchev–Trinajstić information content (AvgIpc) is 3.04. The molecule has 0 aliphatic carbocycles. The van der Waals surface area contributed by atoms with Crippen LogP contribution in [-0.2, 0) is 17.4 Å². The number of aromatic amines is 1. The molecule has 142 valence electrons. The lowest BCUT2D eigenvalue weighted by atomic mass is 10.1. The highest BCUT2D eigenvalue weighted by molar-refractivity contribution is 6.31. The molecule has 0 saturated heterocycles. The van der Waals surface area contributed by atoms with E-state index in [4.69, 9.17) is 11.6 Å². The highest BCUT2D eigenvalue weighted by Crippen LogP contribution is 2.36. The fraction of sp³-hybridized carbons (Fsp3) is 0.250. The zero-order valence-corrected chi connectivity index (χ0v) is 14.6. The van der Waals surface area contributed by atoms with Crippen molar-refractivity contribution < 1.29 is 18.0 Å². The van der Waals surface area contributed by atoms with Crippen LogP contribution in [0.5, 0.6) is 0 Å². The van der Waals surface area contributed by atoms with Crippen LogP contribution in [-0.4, -0.2) is 25.5 Å². The second-order valence-electron chi connectivity index (χ2n) is 5.74. The van der Waals surface area contributed by atoms with Gasteiger partial charge < -0.3 is 5.32 Å². The molecule has 0 saturated carbocycles. The number of amides is 1. The third-order valence-electron chi connectivity index (χ3n) is 3.89. The van der Waals surface area contributed by atoms with Gasteiger partial charge in [-0.05, 0) is 31.5 Å². The Hall–Kier alpha value is -2.88. The van der Waals surface area contributed by atoms with Gasteiger partial charge in [-0.1, -0.05) is 11.6 Å². The zero-order valence-electron chi connectivity index (χ0n) is 13.9. The fourth-order valence-electron chi connectivity index (χ4n) is 2.57. The number of anilines is 1. The number of H-pyrrole nitrogens is 1. The van der Waals surface area contributed by atoms with Gasteiger partial charge in [0, 0.05) is 17.7 Å². The summed E-state index contributed by atoms with van der Waals surface area (Å²) in [6.07, 6.45) is -3.35. The van der Waals surface area contributed by atoms with E-state index in [0.717, 1.165) is 16.6 Å². The van der Waals surface area contributed by atoms with Gasteiger partial charge in [-0.3, -0.25) is 14.7 Å². The van der Waals surface area contributed by atoms with Gasteiger partial charge in [-0.15, -0.1) is 0 Å². The standard InChI is InChI=1S/C16H13ClF3N5O2/c1-8-10(14(27)25-15(23-8)21-7-22-25)3-5-13(26)24-9-2-4-12(17)11(6-9)16(18,19)20/h2,4,6-7H,3,5H2,1H3,(H,24,26)(H,21,22,23). The minimum Gasteiger partial charge on any atom is -0.326 e. The number of fused-ring (bicyclic) bond motifs is 1. The average molecular weight is 400 g/mol. The maximum atomic E-state index is 12.9. The van der Waals surface area contributed by atoms with E-state index >= 15 is 0 Å². The molecule has 0 bridgehead atoms. The Balaban J connectivity index is 1.73. The highest BCUT2D eigenvalue weighted by atomic mass is 35.5. The predicted octanol–water partition coefficient (Wildman–Crippen LogP) is 2.97. The molecule has 1 aromatic carbocycles. The maximum Gasteiger partial charge on any atom is 0.417 e. The predicted molar refractivity (Wildman–Crippen MR) is 91.7 cm³/mol. The van der Waals surface area contributed by atoms with E-state index in [9.17, 15) is 22.8 Å². The largest absolute Gasteiger partial charge is 0.417 e. The van der Waals surface area contributed by atoms with E-state index in [2.05, 4.69) is 20.4 Å². The first kappa shape index (κ1) is 18.9. The smallest absolute Gasteiger partial charge is 0.326 e. The summed E-state index contributed by atoms with van der Waals surface area (Å²) in [5.74, 6) is -0.328. The van der Waals surface area contributed by atoms with Gasteiger partial charge in [0.1, 0.15) is 6.33 Å². The first-order chi connectivity index (χ1) is 12.7. The number of carbonyl (C=O) groups excluding carboxylic acids is 1. The summed E-state index contributed by atoms with van der Waals surface area (Å²) in [5, 5.41) is 4.54. The van der Waals surface area contributed by atoms with Gasteiger partial charge in [0.2, 0.25) is 5.91 Å². The molecule has 3 rings (SSSR count). The monoisotopic (exact) mass is 399 g/mol. The summed E-state index contributed by atoms with van der Waals surface area (Å²) < 4.78 is 39.8. The Morgan fingerprint density at radius 1 is 1.37 bits per heavy atom. The van der Waals surface area contributed by atoms with Crippen molar-refractivity contribution in [3.63, 3.8) is 0 Å². The number of aryl methyl sites for hydroxylation is 1. The molecule has 3 aromatic rings. The lowest BCUT2D eigenvalue weighted by Gasteiger charge is -2.12. The molecule has 7 nitrogen and oxygen atoms in total. The van der Waals surface area contributed by atoms with Crippen molar-refractivity contribution >= 4 is 29.0 Å². The lowest BCUT2D eigenvalue weighted by molar-refractivity contribution is -0.137. The molecule has 2 N–H and O–H groups in total. The van der Waals surface area contributed by atoms with Gasteiger partial charge in [-0.2, -0.15) is 17.7 Å². The van der Waals surface area contributed by atoms with Crippen molar-refractivity contribution in [1.82, 2.24) is 19.6 Å². The number of alkyl halides is 3. The summed E-state index contributed by atoms with van der Waals surface area (Å²) in [4.78, 5) is 32.5. The van der Waals surface area contributed by atoms with Crippen LogP contribution in [0.4, 0.5) is 18.9 Å². The lowest BCUT2D eigenvalue weighted by Crippen LogP contribution is -2.23. The summed E-state index contributed by atoms with van der Waals surface area (Å²) in [7, 11) is 0. The van der Waals surface area contributed by atoms with Crippen LogP contribution in [0.1, 0.15) is 23.2 Å². The van der Waals surface area contributed by atoms with Crippen molar-refractivity contribution in [2.45, 2.75) is 25.9 Å². The molecule has 0 aliphatic heterocycles. The Bertz CT molecular complexity index is 1070. The Morgan fingerprint density at radius 3 is 2.81 bits per heavy atom. The number of nitrogens with zero attached hydrogens (tertiary/aromatic N) is 3. The van der Waals surface area contributed by atoms with Crippen molar-refractivity contribution in [2.75, 3.05) is 5.32 Å². The fourth-order valence-corrected chi connectivity index (χ4v) is 2.79. The molecule has 11 heteroatoms. The minimum atomic E-state index is -4.63. The summed E-state index contributed by atoms with van der Waals surface area (Å²) >= 11 is 5.55. The number of rotatable bonds is 4. The molecule has 0 aliphatic rings. The van der Waals surface area contributed by atoms with Crippen LogP contribution in [0.2, 0.25) is 5.02 Å². The van der Waals surface area contributed by atoms with Gasteiger partial charge in [0.15, 0.2) is 0 Å². The first-order valence-corrected chi connectivity index (χ1v) is 8.13. The van der Waals surface area contributed by atoms with E-state index in [1.165, 1.54) is 12.4 Å². The first-order valence-electron chi connectivity index (χ1n) is 7.75. The van der Waals surface area contributed by atoms with Gasteiger partial charge in [0.25, 0.3) is 11.3 Å². The molecule has 0 fully saturated rings. The van der Waals surface area contributed by atoms with E-state index in [-0.39, 0.29) is 29.9 Å². The second kappa shape index (κ2) is 7.03. The minimum absolute atomic E-state index is 0.0349. The molecule has 0 atom stereocenters. The quantitative estimate of drug-likeness (QED) is 0.705. The van der Waals surface area contributed by atoms with Crippen LogP contribution in [0, 0.1) is 6.92 Å². The van der Waals surface area contributed by atoms with Crippen LogP contribution in [0.3, 0.4) is 0 Å². The molecule has 2 heterocycles. The summed E-state index contributed by atoms with van der Waals surface area (Å²) in [6.45, 7) is 1.62. The van der Waals surface area contributed by atoms with E-state index < -0.39 is 22.7 Å². The number of hydrogen-bond acceptors (Lipinski definition) is 4. The molecule has 1 amide bonds.